The molecule has 3 rings (SSSR count). The molecule has 2 N–H and O–H groups in total. The van der Waals surface area contributed by atoms with Crippen LogP contribution in [0.15, 0.2) is 29.6 Å². The average Bonchev–Trinajstić information content (AvgIpc) is 2.92. The molecule has 0 amide bonds. The summed E-state index contributed by atoms with van der Waals surface area (Å²) in [5.41, 5.74) is 1.93. The van der Waals surface area contributed by atoms with E-state index in [4.69, 9.17) is 5.11 Å². The summed E-state index contributed by atoms with van der Waals surface area (Å²) in [6.07, 6.45) is 0.653. The smallest absolute Gasteiger partial charge is 0.139 e. The minimum absolute atomic E-state index is 0.134. The third kappa shape index (κ3) is 2.93. The highest BCUT2D eigenvalue weighted by atomic mass is 32.1. The highest BCUT2D eigenvalue weighted by Gasteiger charge is 2.14. The quantitative estimate of drug-likeness (QED) is 0.706. The molecule has 2 heterocycles. The van der Waals surface area contributed by atoms with Crippen LogP contribution in [0.4, 0.5) is 10.2 Å². The number of rotatable bonds is 5. The zero-order valence-electron chi connectivity index (χ0n) is 12.1. The van der Waals surface area contributed by atoms with Gasteiger partial charge in [0, 0.05) is 24.1 Å². The highest BCUT2D eigenvalue weighted by Crippen LogP contribution is 2.36. The van der Waals surface area contributed by atoms with E-state index in [0.29, 0.717) is 18.8 Å². The van der Waals surface area contributed by atoms with Gasteiger partial charge in [0.25, 0.3) is 0 Å². The minimum atomic E-state index is -0.253. The third-order valence-electron chi connectivity index (χ3n) is 3.33. The van der Waals surface area contributed by atoms with E-state index in [9.17, 15) is 4.39 Å². The van der Waals surface area contributed by atoms with Gasteiger partial charge in [0.05, 0.1) is 5.39 Å². The van der Waals surface area contributed by atoms with Gasteiger partial charge in [-0.3, -0.25) is 0 Å². The Morgan fingerprint density at radius 2 is 2.00 bits per heavy atom. The Kier molecular flexibility index (Phi) is 4.31. The van der Waals surface area contributed by atoms with Gasteiger partial charge >= 0.3 is 0 Å². The van der Waals surface area contributed by atoms with Crippen molar-refractivity contribution in [2.24, 2.45) is 0 Å². The molecule has 22 heavy (non-hydrogen) atoms. The fourth-order valence-corrected chi connectivity index (χ4v) is 3.30. The van der Waals surface area contributed by atoms with E-state index in [1.165, 1.54) is 12.1 Å². The van der Waals surface area contributed by atoms with Crippen molar-refractivity contribution >= 4 is 27.4 Å². The zero-order chi connectivity index (χ0) is 15.5. The van der Waals surface area contributed by atoms with E-state index in [0.717, 1.165) is 27.2 Å². The zero-order valence-corrected chi connectivity index (χ0v) is 13.0. The summed E-state index contributed by atoms with van der Waals surface area (Å²) in [6.45, 7) is 2.63. The molecule has 0 bridgehead atoms. The lowest BCUT2D eigenvalue weighted by Crippen LogP contribution is -2.06. The first kappa shape index (κ1) is 14.9. The number of nitrogens with zero attached hydrogens (tertiary/aromatic N) is 2. The normalized spacial score (nSPS) is 11.0. The van der Waals surface area contributed by atoms with Crippen LogP contribution in [0.3, 0.4) is 0 Å². The van der Waals surface area contributed by atoms with E-state index in [-0.39, 0.29) is 12.4 Å². The first-order valence-corrected chi connectivity index (χ1v) is 7.93. The number of halogens is 1. The molecule has 4 nitrogen and oxygen atoms in total. The van der Waals surface area contributed by atoms with Crippen LogP contribution in [-0.4, -0.2) is 28.2 Å². The Morgan fingerprint density at radius 1 is 1.23 bits per heavy atom. The van der Waals surface area contributed by atoms with Gasteiger partial charge in [-0.2, -0.15) is 0 Å². The second kappa shape index (κ2) is 6.37. The number of aromatic nitrogens is 2. The third-order valence-corrected chi connectivity index (χ3v) is 4.20. The number of nitrogens with one attached hydrogen (secondary N) is 1. The number of fused-ring (bicyclic) bond motifs is 1. The molecule has 0 radical (unpaired) electrons. The maximum atomic E-state index is 13.1. The molecule has 0 saturated heterocycles. The van der Waals surface area contributed by atoms with E-state index in [1.54, 1.807) is 23.5 Å². The molecule has 0 unspecified atom stereocenters. The number of hydrogen-bond donors (Lipinski definition) is 2. The van der Waals surface area contributed by atoms with Gasteiger partial charge in [0.2, 0.25) is 0 Å². The van der Waals surface area contributed by atoms with E-state index >= 15 is 0 Å². The van der Waals surface area contributed by atoms with Gasteiger partial charge < -0.3 is 10.4 Å². The number of hydrogen-bond acceptors (Lipinski definition) is 5. The van der Waals surface area contributed by atoms with Crippen LogP contribution in [0.5, 0.6) is 0 Å². The van der Waals surface area contributed by atoms with Crippen LogP contribution >= 0.6 is 11.3 Å². The van der Waals surface area contributed by atoms with Crippen molar-refractivity contribution in [2.45, 2.75) is 13.3 Å². The molecule has 0 saturated carbocycles. The second-order valence-electron chi connectivity index (χ2n) is 4.96. The molecule has 2 aromatic heterocycles. The topological polar surface area (TPSA) is 58.0 Å². The lowest BCUT2D eigenvalue weighted by molar-refractivity contribution is 0.292. The molecule has 0 spiro atoms. The fraction of sp³-hybridized carbons (Fsp3) is 0.250. The molecule has 114 valence electrons. The Balaban J connectivity index is 2.09. The Labute approximate surface area is 131 Å². The number of thiophene rings is 1. The molecular weight excluding hydrogens is 301 g/mol. The van der Waals surface area contributed by atoms with Crippen LogP contribution in [-0.2, 0) is 0 Å². The molecule has 0 aliphatic carbocycles. The van der Waals surface area contributed by atoms with Crippen molar-refractivity contribution in [3.8, 4) is 11.1 Å². The summed E-state index contributed by atoms with van der Waals surface area (Å²) in [5, 5.41) is 15.1. The predicted octanol–water partition coefficient (Wildman–Crippen LogP) is 3.60. The minimum Gasteiger partial charge on any atom is -0.396 e. The van der Waals surface area contributed by atoms with Gasteiger partial charge in [0.1, 0.15) is 22.3 Å². The number of aliphatic hydroxyl groups is 1. The summed E-state index contributed by atoms with van der Waals surface area (Å²) in [7, 11) is 0. The Bertz CT molecular complexity index is 786. The molecule has 0 atom stereocenters. The van der Waals surface area contributed by atoms with Gasteiger partial charge in [-0.05, 0) is 31.0 Å². The average molecular weight is 317 g/mol. The van der Waals surface area contributed by atoms with Gasteiger partial charge in [-0.15, -0.1) is 11.3 Å². The molecule has 1 aromatic carbocycles. The second-order valence-corrected chi connectivity index (χ2v) is 5.82. The van der Waals surface area contributed by atoms with Crippen LogP contribution in [0.2, 0.25) is 0 Å². The maximum Gasteiger partial charge on any atom is 0.139 e. The van der Waals surface area contributed by atoms with Crippen molar-refractivity contribution < 1.29 is 9.50 Å². The largest absolute Gasteiger partial charge is 0.396 e. The molecule has 6 heteroatoms. The monoisotopic (exact) mass is 317 g/mol. The summed E-state index contributed by atoms with van der Waals surface area (Å²) < 4.78 is 13.1. The van der Waals surface area contributed by atoms with Gasteiger partial charge in [0.15, 0.2) is 0 Å². The van der Waals surface area contributed by atoms with Gasteiger partial charge in [-0.1, -0.05) is 12.1 Å². The van der Waals surface area contributed by atoms with Gasteiger partial charge in [-0.25, -0.2) is 14.4 Å². The standard InChI is InChI=1S/C16H16FN3OS/c1-10-19-15(18-7-2-8-21)14-13(9-22-16(14)20-10)11-3-5-12(17)6-4-11/h3-6,9,21H,2,7-8H2,1H3,(H,18,19,20). The van der Waals surface area contributed by atoms with Crippen LogP contribution in [0.25, 0.3) is 21.3 Å². The fourth-order valence-electron chi connectivity index (χ4n) is 2.30. The van der Waals surface area contributed by atoms with Crippen LogP contribution in [0, 0.1) is 12.7 Å². The van der Waals surface area contributed by atoms with Crippen molar-refractivity contribution in [1.29, 1.82) is 0 Å². The van der Waals surface area contributed by atoms with E-state index in [2.05, 4.69) is 15.3 Å². The summed E-state index contributed by atoms with van der Waals surface area (Å²) in [4.78, 5) is 9.85. The Hall–Kier alpha value is -2.05. The Morgan fingerprint density at radius 3 is 2.73 bits per heavy atom. The van der Waals surface area contributed by atoms with E-state index in [1.807, 2.05) is 12.3 Å². The molecular formula is C16H16FN3OS. The lowest BCUT2D eigenvalue weighted by Gasteiger charge is -2.09. The van der Waals surface area contributed by atoms with Crippen molar-refractivity contribution in [3.63, 3.8) is 0 Å². The number of aliphatic hydroxyl groups excluding tert-OH is 1. The van der Waals surface area contributed by atoms with Crippen LogP contribution in [0.1, 0.15) is 12.2 Å². The van der Waals surface area contributed by atoms with E-state index < -0.39 is 0 Å². The summed E-state index contributed by atoms with van der Waals surface area (Å²) in [5.74, 6) is 1.21. The number of benzene rings is 1. The van der Waals surface area contributed by atoms with Crippen LogP contribution < -0.4 is 5.32 Å². The first-order chi connectivity index (χ1) is 10.7. The SMILES string of the molecule is Cc1nc(NCCCO)c2c(-c3ccc(F)cc3)csc2n1. The molecule has 0 fully saturated rings. The molecule has 3 aromatic rings. The number of anilines is 1. The molecule has 0 aliphatic heterocycles. The summed E-state index contributed by atoms with van der Waals surface area (Å²) in [6, 6.07) is 6.42. The summed E-state index contributed by atoms with van der Waals surface area (Å²) >= 11 is 1.55. The maximum absolute atomic E-state index is 13.1. The number of aryl methyl sites for hydroxylation is 1. The van der Waals surface area contributed by atoms with Crippen molar-refractivity contribution in [1.82, 2.24) is 9.97 Å². The molecule has 0 aliphatic rings. The lowest BCUT2D eigenvalue weighted by atomic mass is 10.1. The predicted molar refractivity (Wildman–Crippen MR) is 87.7 cm³/mol. The van der Waals surface area contributed by atoms with Crippen molar-refractivity contribution in [2.75, 3.05) is 18.5 Å². The van der Waals surface area contributed by atoms with Crippen molar-refractivity contribution in [3.05, 3.63) is 41.3 Å². The highest BCUT2D eigenvalue weighted by molar-refractivity contribution is 7.17. The first-order valence-electron chi connectivity index (χ1n) is 7.05.